The van der Waals surface area contributed by atoms with Crippen LogP contribution in [0.25, 0.3) is 76.5 Å². The molecular formula is C42H27NO. The van der Waals surface area contributed by atoms with Gasteiger partial charge in [0, 0.05) is 16.6 Å². The van der Waals surface area contributed by atoms with Gasteiger partial charge in [-0.1, -0.05) is 110 Å². The summed E-state index contributed by atoms with van der Waals surface area (Å²) in [5, 5.41) is 9.95. The quantitative estimate of drug-likeness (QED) is 0.192. The zero-order chi connectivity index (χ0) is 29.2. The number of allylic oxidation sites excluding steroid dienone is 4. The molecule has 1 aliphatic heterocycles. The number of nitrogens with zero attached hydrogens (tertiary/aromatic N) is 1. The van der Waals surface area contributed by atoms with Crippen LogP contribution in [-0.4, -0.2) is 4.57 Å². The first-order valence-corrected chi connectivity index (χ1v) is 15.0. The third-order valence-corrected chi connectivity index (χ3v) is 8.99. The summed E-state index contributed by atoms with van der Waals surface area (Å²) in [6.45, 7) is 4.30. The first kappa shape index (κ1) is 24.7. The SMILES string of the molecule is C=C1/C=C\C=C/Oc2c1ccc1c2c2ccccc2n1-c1cccc(-c2ccc3c4ccccc4c4ccccc4c3c2)c1. The third kappa shape index (κ3) is 3.61. The second kappa shape index (κ2) is 9.58. The van der Waals surface area contributed by atoms with Crippen LogP contribution in [0.1, 0.15) is 5.56 Å². The minimum atomic E-state index is 0.841. The zero-order valence-corrected chi connectivity index (χ0v) is 24.0. The molecule has 0 spiro atoms. The van der Waals surface area contributed by atoms with Crippen molar-refractivity contribution < 1.29 is 4.74 Å². The maximum absolute atomic E-state index is 6.26. The summed E-state index contributed by atoms with van der Waals surface area (Å²) < 4.78 is 8.61. The molecule has 206 valence electrons. The van der Waals surface area contributed by atoms with Crippen molar-refractivity contribution in [3.8, 4) is 22.6 Å². The molecule has 0 N–H and O–H groups in total. The Morgan fingerprint density at radius 3 is 1.93 bits per heavy atom. The van der Waals surface area contributed by atoms with Crippen molar-refractivity contribution in [2.24, 2.45) is 0 Å². The molecular weight excluding hydrogens is 534 g/mol. The van der Waals surface area contributed by atoms with Gasteiger partial charge in [0.25, 0.3) is 0 Å². The van der Waals surface area contributed by atoms with E-state index >= 15 is 0 Å². The van der Waals surface area contributed by atoms with Gasteiger partial charge in [-0.2, -0.15) is 0 Å². The van der Waals surface area contributed by atoms with E-state index in [4.69, 9.17) is 4.74 Å². The van der Waals surface area contributed by atoms with Gasteiger partial charge in [0.2, 0.25) is 0 Å². The molecule has 0 aliphatic carbocycles. The summed E-state index contributed by atoms with van der Waals surface area (Å²) in [7, 11) is 0. The first-order valence-electron chi connectivity index (χ1n) is 15.0. The summed E-state index contributed by atoms with van der Waals surface area (Å²) in [6.07, 6.45) is 7.65. The average molecular weight is 562 g/mol. The predicted molar refractivity (Wildman–Crippen MR) is 187 cm³/mol. The fraction of sp³-hybridized carbons (Fsp3) is 0. The maximum atomic E-state index is 6.26. The van der Waals surface area contributed by atoms with Crippen molar-refractivity contribution >= 4 is 59.7 Å². The van der Waals surface area contributed by atoms with Gasteiger partial charge in [-0.15, -0.1) is 0 Å². The molecule has 0 radical (unpaired) electrons. The van der Waals surface area contributed by atoms with Gasteiger partial charge < -0.3 is 9.30 Å². The maximum Gasteiger partial charge on any atom is 0.144 e. The van der Waals surface area contributed by atoms with E-state index in [1.165, 1.54) is 43.4 Å². The minimum absolute atomic E-state index is 0.841. The van der Waals surface area contributed by atoms with Crippen molar-refractivity contribution in [3.05, 3.63) is 164 Å². The van der Waals surface area contributed by atoms with Crippen LogP contribution in [0, 0.1) is 0 Å². The van der Waals surface area contributed by atoms with Crippen LogP contribution in [0.5, 0.6) is 5.75 Å². The molecule has 2 heterocycles. The van der Waals surface area contributed by atoms with Gasteiger partial charge >= 0.3 is 0 Å². The average Bonchev–Trinajstić information content (AvgIpc) is 3.41. The topological polar surface area (TPSA) is 14.2 Å². The Labute approximate surface area is 255 Å². The Morgan fingerprint density at radius 2 is 1.16 bits per heavy atom. The number of hydrogen-bond donors (Lipinski definition) is 0. The van der Waals surface area contributed by atoms with Crippen molar-refractivity contribution in [1.29, 1.82) is 0 Å². The number of benzene rings is 7. The van der Waals surface area contributed by atoms with Gasteiger partial charge in [0.15, 0.2) is 0 Å². The van der Waals surface area contributed by atoms with E-state index in [0.717, 1.165) is 44.4 Å². The van der Waals surface area contributed by atoms with Crippen molar-refractivity contribution in [3.63, 3.8) is 0 Å². The number of ether oxygens (including phenoxy) is 1. The van der Waals surface area contributed by atoms with Crippen molar-refractivity contribution in [1.82, 2.24) is 4.57 Å². The monoisotopic (exact) mass is 561 g/mol. The Kier molecular flexibility index (Phi) is 5.38. The number of fused-ring (bicyclic) bond motifs is 11. The highest BCUT2D eigenvalue weighted by molar-refractivity contribution is 6.25. The smallest absolute Gasteiger partial charge is 0.144 e. The summed E-state index contributed by atoms with van der Waals surface area (Å²) in [5.41, 5.74) is 7.66. The summed E-state index contributed by atoms with van der Waals surface area (Å²) in [6, 6.07) is 46.1. The molecule has 2 heteroatoms. The second-order valence-corrected chi connectivity index (χ2v) is 11.4. The molecule has 0 atom stereocenters. The van der Waals surface area contributed by atoms with Gasteiger partial charge in [-0.3, -0.25) is 0 Å². The zero-order valence-electron chi connectivity index (χ0n) is 24.0. The molecule has 0 saturated heterocycles. The Hall–Kier alpha value is -5.86. The van der Waals surface area contributed by atoms with Crippen LogP contribution in [-0.2, 0) is 0 Å². The highest BCUT2D eigenvalue weighted by atomic mass is 16.5. The highest BCUT2D eigenvalue weighted by Gasteiger charge is 2.20. The number of hydrogen-bond acceptors (Lipinski definition) is 1. The summed E-state index contributed by atoms with van der Waals surface area (Å²) >= 11 is 0. The van der Waals surface area contributed by atoms with E-state index < -0.39 is 0 Å². The van der Waals surface area contributed by atoms with Crippen molar-refractivity contribution in [2.75, 3.05) is 0 Å². The van der Waals surface area contributed by atoms with Gasteiger partial charge in [0.05, 0.1) is 22.7 Å². The molecule has 0 amide bonds. The summed E-state index contributed by atoms with van der Waals surface area (Å²) in [4.78, 5) is 0. The molecule has 8 aromatic rings. The number of para-hydroxylation sites is 1. The molecule has 1 aromatic heterocycles. The fourth-order valence-electron chi connectivity index (χ4n) is 7.01. The van der Waals surface area contributed by atoms with Gasteiger partial charge in [-0.25, -0.2) is 0 Å². The minimum Gasteiger partial charge on any atom is -0.464 e. The molecule has 0 saturated carbocycles. The Morgan fingerprint density at radius 1 is 0.500 bits per heavy atom. The van der Waals surface area contributed by atoms with Crippen LogP contribution in [0.4, 0.5) is 0 Å². The van der Waals surface area contributed by atoms with Crippen LogP contribution in [0.3, 0.4) is 0 Å². The molecule has 0 fully saturated rings. The number of rotatable bonds is 2. The van der Waals surface area contributed by atoms with Gasteiger partial charge in [0.1, 0.15) is 5.75 Å². The molecule has 0 unspecified atom stereocenters. The van der Waals surface area contributed by atoms with E-state index in [0.29, 0.717) is 0 Å². The van der Waals surface area contributed by atoms with Crippen LogP contribution >= 0.6 is 0 Å². The van der Waals surface area contributed by atoms with Crippen LogP contribution < -0.4 is 4.74 Å². The number of aromatic nitrogens is 1. The lowest BCUT2D eigenvalue weighted by atomic mass is 9.92. The van der Waals surface area contributed by atoms with E-state index in [1.54, 1.807) is 6.26 Å². The van der Waals surface area contributed by atoms with Gasteiger partial charge in [-0.05, 0) is 91.5 Å². The molecule has 2 nitrogen and oxygen atoms in total. The lowest BCUT2D eigenvalue weighted by Gasteiger charge is -2.14. The van der Waals surface area contributed by atoms with Crippen LogP contribution in [0.2, 0.25) is 0 Å². The summed E-state index contributed by atoms with van der Waals surface area (Å²) in [5.74, 6) is 0.841. The van der Waals surface area contributed by atoms with E-state index in [9.17, 15) is 0 Å². The third-order valence-electron chi connectivity index (χ3n) is 8.99. The van der Waals surface area contributed by atoms with E-state index in [1.807, 2.05) is 18.2 Å². The second-order valence-electron chi connectivity index (χ2n) is 11.4. The Bertz CT molecular complexity index is 2510. The normalized spacial score (nSPS) is 14.5. The van der Waals surface area contributed by atoms with E-state index in [-0.39, 0.29) is 0 Å². The Balaban J connectivity index is 1.27. The lowest BCUT2D eigenvalue weighted by Crippen LogP contribution is -1.96. The fourth-order valence-corrected chi connectivity index (χ4v) is 7.01. The predicted octanol–water partition coefficient (Wildman–Crippen LogP) is 11.4. The molecule has 44 heavy (non-hydrogen) atoms. The largest absolute Gasteiger partial charge is 0.464 e. The van der Waals surface area contributed by atoms with Crippen molar-refractivity contribution in [2.45, 2.75) is 0 Å². The molecule has 9 rings (SSSR count). The first-order chi connectivity index (χ1) is 21.8. The molecule has 7 aromatic carbocycles. The van der Waals surface area contributed by atoms with Crippen LogP contribution in [0.15, 0.2) is 158 Å². The standard InChI is InChI=1S/C42H27NO/c1-27-11-8-9-24-44-42-31(27)22-23-40-41(42)37-18-6-7-19-39(37)43(40)30-13-10-12-28(25-30)29-20-21-36-34-16-3-2-14-32(34)33-15-4-5-17-35(33)38(36)26-29/h2-26H,1H2/b11-8-,24-9-. The molecule has 0 bridgehead atoms. The molecule has 1 aliphatic rings. The van der Waals surface area contributed by atoms with E-state index in [2.05, 4.69) is 139 Å². The lowest BCUT2D eigenvalue weighted by molar-refractivity contribution is 0.485. The highest BCUT2D eigenvalue weighted by Crippen LogP contribution is 2.43.